The van der Waals surface area contributed by atoms with Gasteiger partial charge in [-0.25, -0.2) is 9.98 Å². The lowest BCUT2D eigenvalue weighted by molar-refractivity contribution is 0.712. The maximum Gasteiger partial charge on any atom is 0.169 e. The molecule has 0 aromatic heterocycles. The first-order valence-corrected chi connectivity index (χ1v) is 20.9. The van der Waals surface area contributed by atoms with Crippen molar-refractivity contribution in [3.8, 4) is 11.1 Å². The molecule has 0 fully saturated rings. The summed E-state index contributed by atoms with van der Waals surface area (Å²) >= 11 is 0. The average molecular weight is 769 g/mol. The van der Waals surface area contributed by atoms with Gasteiger partial charge in [-0.15, -0.1) is 0 Å². The molecule has 2 heterocycles. The van der Waals surface area contributed by atoms with Gasteiger partial charge in [0.15, 0.2) is 6.17 Å². The summed E-state index contributed by atoms with van der Waals surface area (Å²) in [5, 5.41) is 6.15. The maximum absolute atomic E-state index is 5.18. The lowest BCUT2D eigenvalue weighted by Crippen LogP contribution is -2.36. The van der Waals surface area contributed by atoms with Crippen molar-refractivity contribution in [2.45, 2.75) is 23.5 Å². The van der Waals surface area contributed by atoms with Crippen molar-refractivity contribution in [3.05, 3.63) is 263 Å². The topological polar surface area (TPSA) is 40.0 Å². The fourth-order valence-electron chi connectivity index (χ4n) is 10.5. The Hall–Kier alpha value is -7.56. The second-order valence-electron chi connectivity index (χ2n) is 16.0. The van der Waals surface area contributed by atoms with Crippen LogP contribution in [0.2, 0.25) is 0 Å². The van der Waals surface area contributed by atoms with Gasteiger partial charge in [-0.05, 0) is 74.2 Å². The van der Waals surface area contributed by atoms with Crippen LogP contribution >= 0.6 is 0 Å². The smallest absolute Gasteiger partial charge is 0.169 e. The molecular weight excluding hydrogens is 729 g/mol. The zero-order valence-corrected chi connectivity index (χ0v) is 32.9. The van der Waals surface area contributed by atoms with Gasteiger partial charge in [0, 0.05) is 28.1 Å². The molecule has 3 unspecified atom stereocenters. The third-order valence-corrected chi connectivity index (χ3v) is 12.9. The summed E-state index contributed by atoms with van der Waals surface area (Å²) in [7, 11) is 0. The molecule has 4 nitrogen and oxygen atoms in total. The molecule has 60 heavy (non-hydrogen) atoms. The number of allylic oxidation sites excluding steroid dienone is 2. The summed E-state index contributed by atoms with van der Waals surface area (Å²) in [5.41, 5.74) is 14.3. The molecule has 0 saturated heterocycles. The van der Waals surface area contributed by atoms with Gasteiger partial charge in [-0.1, -0.05) is 194 Å². The SMILES string of the molecule is C1=CC2c3c4c(c5ccccc5c3N(c3ccc(C5=NC(c6ccccc6)N=C(c6ccccc6)N5)cc3)C2C=C1)-c1ccccc1C4(c1ccccc1)c1ccccc1. The Balaban J connectivity index is 1.07. The van der Waals surface area contributed by atoms with Crippen molar-refractivity contribution in [1.29, 1.82) is 0 Å². The van der Waals surface area contributed by atoms with Crippen molar-refractivity contribution in [3.63, 3.8) is 0 Å². The van der Waals surface area contributed by atoms with Crippen LogP contribution < -0.4 is 10.2 Å². The van der Waals surface area contributed by atoms with Crippen molar-refractivity contribution in [2.24, 2.45) is 9.98 Å². The normalized spacial score (nSPS) is 19.1. The summed E-state index contributed by atoms with van der Waals surface area (Å²) < 4.78 is 0. The summed E-state index contributed by atoms with van der Waals surface area (Å²) in [6.07, 6.45) is 8.95. The number of nitrogens with one attached hydrogen (secondary N) is 1. The number of rotatable bonds is 6. The third kappa shape index (κ3) is 5.10. The first kappa shape index (κ1) is 34.5. The molecule has 3 atom stereocenters. The van der Waals surface area contributed by atoms with Crippen LogP contribution in [0.3, 0.4) is 0 Å². The summed E-state index contributed by atoms with van der Waals surface area (Å²) in [4.78, 5) is 12.9. The Kier molecular flexibility index (Phi) is 7.92. The van der Waals surface area contributed by atoms with E-state index in [0.717, 1.165) is 34.0 Å². The largest absolute Gasteiger partial charge is 0.333 e. The van der Waals surface area contributed by atoms with E-state index in [4.69, 9.17) is 9.98 Å². The van der Waals surface area contributed by atoms with Crippen molar-refractivity contribution in [2.75, 3.05) is 4.90 Å². The van der Waals surface area contributed by atoms with Crippen LogP contribution in [0.1, 0.15) is 56.6 Å². The van der Waals surface area contributed by atoms with Crippen LogP contribution in [0.4, 0.5) is 11.4 Å². The number of benzene rings is 8. The minimum Gasteiger partial charge on any atom is -0.333 e. The monoisotopic (exact) mass is 768 g/mol. The molecule has 1 N–H and O–H groups in total. The Morgan fingerprint density at radius 3 is 1.73 bits per heavy atom. The molecule has 0 radical (unpaired) electrons. The Bertz CT molecular complexity index is 3020. The van der Waals surface area contributed by atoms with E-state index in [2.05, 4.69) is 217 Å². The number of hydrogen-bond donors (Lipinski definition) is 1. The van der Waals surface area contributed by atoms with E-state index < -0.39 is 5.41 Å². The van der Waals surface area contributed by atoms with E-state index in [1.165, 1.54) is 55.4 Å². The number of hydrogen-bond acceptors (Lipinski definition) is 4. The molecule has 0 spiro atoms. The fraction of sp³-hybridized carbons (Fsp3) is 0.0714. The van der Waals surface area contributed by atoms with Crippen LogP contribution in [0.15, 0.2) is 228 Å². The van der Waals surface area contributed by atoms with Gasteiger partial charge < -0.3 is 10.2 Å². The zero-order chi connectivity index (χ0) is 39.6. The van der Waals surface area contributed by atoms with E-state index >= 15 is 0 Å². The number of amidine groups is 2. The molecule has 284 valence electrons. The van der Waals surface area contributed by atoms with Gasteiger partial charge in [0.25, 0.3) is 0 Å². The fourth-order valence-corrected chi connectivity index (χ4v) is 10.5. The molecule has 12 rings (SSSR count). The van der Waals surface area contributed by atoms with Crippen LogP contribution in [-0.2, 0) is 5.41 Å². The quantitative estimate of drug-likeness (QED) is 0.183. The Morgan fingerprint density at radius 2 is 1.05 bits per heavy atom. The number of fused-ring (bicyclic) bond motifs is 10. The van der Waals surface area contributed by atoms with Gasteiger partial charge in [-0.2, -0.15) is 0 Å². The number of nitrogens with zero attached hydrogens (tertiary/aromatic N) is 3. The zero-order valence-electron chi connectivity index (χ0n) is 32.9. The van der Waals surface area contributed by atoms with Crippen LogP contribution in [0.25, 0.3) is 21.9 Å². The van der Waals surface area contributed by atoms with E-state index in [9.17, 15) is 0 Å². The lowest BCUT2D eigenvalue weighted by atomic mass is 9.65. The van der Waals surface area contributed by atoms with Gasteiger partial charge >= 0.3 is 0 Å². The second-order valence-corrected chi connectivity index (χ2v) is 16.0. The standard InChI is InChI=1S/C56H40N4/c1-5-19-37(20-6-1)53-57-54(38-21-7-2-8-22-38)59-55(58-53)39-33-35-42(36-34-39)60-48-32-18-16-30-46(48)50-51-49(43-27-13-14-28-44(43)52(50)60)45-29-15-17-31-47(45)56(51,40-23-9-3-10-24-40)41-25-11-4-12-26-41/h1-36,46,48,53H,(H,57,58,59). The molecule has 8 aromatic carbocycles. The van der Waals surface area contributed by atoms with Crippen LogP contribution in [0, 0.1) is 0 Å². The highest BCUT2D eigenvalue weighted by atomic mass is 15.2. The van der Waals surface area contributed by atoms with Crippen molar-refractivity contribution < 1.29 is 0 Å². The van der Waals surface area contributed by atoms with Crippen molar-refractivity contribution in [1.82, 2.24) is 5.32 Å². The minimum absolute atomic E-state index is 0.0862. The van der Waals surface area contributed by atoms with E-state index in [1.807, 2.05) is 12.1 Å². The average Bonchev–Trinajstić information content (AvgIpc) is 3.84. The highest BCUT2D eigenvalue weighted by Crippen LogP contribution is 2.65. The van der Waals surface area contributed by atoms with Gasteiger partial charge in [0.1, 0.15) is 11.7 Å². The first-order valence-electron chi connectivity index (χ1n) is 20.9. The number of aliphatic imine (C=N–C) groups is 2. The summed E-state index contributed by atoms with van der Waals surface area (Å²) in [6.45, 7) is 0. The highest BCUT2D eigenvalue weighted by molar-refractivity contribution is 6.16. The highest BCUT2D eigenvalue weighted by Gasteiger charge is 2.53. The molecular formula is C56H40N4. The van der Waals surface area contributed by atoms with Crippen LogP contribution in [0.5, 0.6) is 0 Å². The summed E-state index contributed by atoms with van der Waals surface area (Å²) in [5.74, 6) is 1.75. The molecule has 2 aliphatic heterocycles. The lowest BCUT2D eigenvalue weighted by Gasteiger charge is -2.36. The van der Waals surface area contributed by atoms with E-state index in [-0.39, 0.29) is 18.1 Å². The van der Waals surface area contributed by atoms with Gasteiger partial charge in [-0.3, -0.25) is 0 Å². The Morgan fingerprint density at radius 1 is 0.500 bits per heavy atom. The Labute approximate surface area is 350 Å². The number of anilines is 2. The maximum atomic E-state index is 5.18. The van der Waals surface area contributed by atoms with Gasteiger partial charge in [0.05, 0.1) is 17.1 Å². The molecule has 4 aliphatic rings. The second kappa shape index (κ2) is 13.8. The van der Waals surface area contributed by atoms with E-state index in [0.29, 0.717) is 0 Å². The predicted octanol–water partition coefficient (Wildman–Crippen LogP) is 12.4. The molecule has 8 aromatic rings. The van der Waals surface area contributed by atoms with Crippen molar-refractivity contribution >= 4 is 33.8 Å². The van der Waals surface area contributed by atoms with Gasteiger partial charge in [0.2, 0.25) is 0 Å². The summed E-state index contributed by atoms with van der Waals surface area (Å²) in [6, 6.07) is 70.4. The van der Waals surface area contributed by atoms with Crippen LogP contribution in [-0.4, -0.2) is 17.7 Å². The molecule has 0 bridgehead atoms. The molecule has 4 heteroatoms. The third-order valence-electron chi connectivity index (χ3n) is 12.9. The molecule has 2 aliphatic carbocycles. The molecule has 0 saturated carbocycles. The minimum atomic E-state index is -0.528. The molecule has 0 amide bonds. The van der Waals surface area contributed by atoms with E-state index in [1.54, 1.807) is 0 Å². The predicted molar refractivity (Wildman–Crippen MR) is 246 cm³/mol. The first-order chi connectivity index (χ1) is 29.8.